The van der Waals surface area contributed by atoms with Gasteiger partial charge in [-0.3, -0.25) is 0 Å². The lowest BCUT2D eigenvalue weighted by molar-refractivity contribution is 0.360. The molecule has 5 heteroatoms. The molecule has 0 radical (unpaired) electrons. The van der Waals surface area contributed by atoms with Crippen LogP contribution in [0.25, 0.3) is 5.52 Å². The van der Waals surface area contributed by atoms with Crippen molar-refractivity contribution in [2.75, 3.05) is 43.9 Å². The SMILES string of the molecule is CN1CCCN(c2nn3ccccc3c2N)CC1. The smallest absolute Gasteiger partial charge is 0.175 e. The largest absolute Gasteiger partial charge is 0.394 e. The molecule has 0 atom stereocenters. The van der Waals surface area contributed by atoms with Crippen LogP contribution in [0.4, 0.5) is 11.5 Å². The Morgan fingerprint density at radius 3 is 2.89 bits per heavy atom. The summed E-state index contributed by atoms with van der Waals surface area (Å²) in [6.45, 7) is 4.22. The summed E-state index contributed by atoms with van der Waals surface area (Å²) in [6, 6.07) is 5.97. The molecule has 3 heterocycles. The summed E-state index contributed by atoms with van der Waals surface area (Å²) in [5.74, 6) is 0.927. The van der Waals surface area contributed by atoms with E-state index in [0.29, 0.717) is 0 Å². The van der Waals surface area contributed by atoms with Crippen LogP contribution in [-0.2, 0) is 0 Å². The van der Waals surface area contributed by atoms with Gasteiger partial charge in [0, 0.05) is 25.8 Å². The van der Waals surface area contributed by atoms with E-state index in [1.165, 1.54) is 0 Å². The van der Waals surface area contributed by atoms with Crippen LogP contribution in [0, 0.1) is 0 Å². The molecule has 2 aromatic rings. The summed E-state index contributed by atoms with van der Waals surface area (Å²) < 4.78 is 1.86. The molecule has 3 rings (SSSR count). The summed E-state index contributed by atoms with van der Waals surface area (Å²) >= 11 is 0. The van der Waals surface area contributed by atoms with E-state index in [-0.39, 0.29) is 0 Å². The lowest BCUT2D eigenvalue weighted by Crippen LogP contribution is -2.29. The Labute approximate surface area is 107 Å². The molecular weight excluding hydrogens is 226 g/mol. The lowest BCUT2D eigenvalue weighted by Gasteiger charge is -2.20. The average Bonchev–Trinajstić information content (AvgIpc) is 2.57. The number of nitrogen functional groups attached to an aromatic ring is 1. The quantitative estimate of drug-likeness (QED) is 0.816. The van der Waals surface area contributed by atoms with E-state index in [0.717, 1.165) is 49.6 Å². The summed E-state index contributed by atoms with van der Waals surface area (Å²) in [5.41, 5.74) is 8.00. The van der Waals surface area contributed by atoms with E-state index in [4.69, 9.17) is 5.73 Å². The van der Waals surface area contributed by atoms with Crippen molar-refractivity contribution in [3.05, 3.63) is 24.4 Å². The fraction of sp³-hybridized carbons (Fsp3) is 0.462. The molecule has 1 aliphatic heterocycles. The Morgan fingerprint density at radius 1 is 1.17 bits per heavy atom. The molecule has 1 aliphatic rings. The zero-order valence-corrected chi connectivity index (χ0v) is 10.7. The third kappa shape index (κ3) is 1.90. The van der Waals surface area contributed by atoms with Crippen LogP contribution < -0.4 is 10.6 Å². The van der Waals surface area contributed by atoms with Gasteiger partial charge >= 0.3 is 0 Å². The molecule has 0 bridgehead atoms. The normalized spacial score (nSPS) is 18.2. The number of aromatic nitrogens is 2. The van der Waals surface area contributed by atoms with Crippen molar-refractivity contribution in [1.82, 2.24) is 14.5 Å². The second-order valence-corrected chi connectivity index (χ2v) is 4.91. The molecule has 96 valence electrons. The molecule has 0 saturated carbocycles. The summed E-state index contributed by atoms with van der Waals surface area (Å²) in [7, 11) is 2.16. The summed E-state index contributed by atoms with van der Waals surface area (Å²) in [6.07, 6.45) is 3.10. The number of anilines is 2. The van der Waals surface area contributed by atoms with Gasteiger partial charge in [-0.05, 0) is 32.1 Å². The Bertz CT molecular complexity index is 547. The molecule has 1 saturated heterocycles. The van der Waals surface area contributed by atoms with Crippen molar-refractivity contribution >= 4 is 17.0 Å². The Hall–Kier alpha value is -1.75. The lowest BCUT2D eigenvalue weighted by atomic mass is 10.3. The Kier molecular flexibility index (Phi) is 2.83. The predicted octanol–water partition coefficient (Wildman–Crippen LogP) is 1.06. The van der Waals surface area contributed by atoms with Gasteiger partial charge in [-0.25, -0.2) is 4.52 Å². The molecule has 1 fully saturated rings. The minimum Gasteiger partial charge on any atom is -0.394 e. The van der Waals surface area contributed by atoms with Crippen molar-refractivity contribution in [2.24, 2.45) is 0 Å². The minimum atomic E-state index is 0.792. The van der Waals surface area contributed by atoms with Gasteiger partial charge in [0.25, 0.3) is 0 Å². The number of likely N-dealkylation sites (N-methyl/N-ethyl adjacent to an activating group) is 1. The average molecular weight is 245 g/mol. The summed E-state index contributed by atoms with van der Waals surface area (Å²) in [4.78, 5) is 4.65. The van der Waals surface area contributed by atoms with Crippen molar-refractivity contribution < 1.29 is 0 Å². The van der Waals surface area contributed by atoms with E-state index < -0.39 is 0 Å². The number of nitrogens with two attached hydrogens (primary N) is 1. The van der Waals surface area contributed by atoms with E-state index >= 15 is 0 Å². The van der Waals surface area contributed by atoms with Crippen LogP contribution in [0.2, 0.25) is 0 Å². The van der Waals surface area contributed by atoms with Gasteiger partial charge in [-0.15, -0.1) is 5.10 Å². The van der Waals surface area contributed by atoms with Gasteiger partial charge in [0.2, 0.25) is 0 Å². The van der Waals surface area contributed by atoms with Crippen LogP contribution >= 0.6 is 0 Å². The molecule has 0 amide bonds. The maximum Gasteiger partial charge on any atom is 0.175 e. The van der Waals surface area contributed by atoms with E-state index in [1.54, 1.807) is 0 Å². The van der Waals surface area contributed by atoms with Gasteiger partial charge < -0.3 is 15.5 Å². The van der Waals surface area contributed by atoms with Crippen LogP contribution in [0.5, 0.6) is 0 Å². The molecule has 5 nitrogen and oxygen atoms in total. The molecule has 0 aromatic carbocycles. The molecular formula is C13H19N5. The topological polar surface area (TPSA) is 49.8 Å². The first-order valence-corrected chi connectivity index (χ1v) is 6.42. The number of pyridine rings is 1. The predicted molar refractivity (Wildman–Crippen MR) is 73.9 cm³/mol. The standard InChI is InChI=1S/C13H19N5/c1-16-6-4-7-17(10-9-16)13-12(14)11-5-2-3-8-18(11)15-13/h2-3,5,8H,4,6-7,9-10,14H2,1H3. The maximum absolute atomic E-state index is 6.22. The first-order valence-electron chi connectivity index (χ1n) is 6.42. The number of rotatable bonds is 1. The first kappa shape index (κ1) is 11.3. The monoisotopic (exact) mass is 245 g/mol. The maximum atomic E-state index is 6.22. The highest BCUT2D eigenvalue weighted by atomic mass is 15.3. The van der Waals surface area contributed by atoms with Gasteiger partial charge in [-0.1, -0.05) is 6.07 Å². The van der Waals surface area contributed by atoms with E-state index in [1.807, 2.05) is 28.9 Å². The third-order valence-electron chi connectivity index (χ3n) is 3.58. The number of nitrogens with zero attached hydrogens (tertiary/aromatic N) is 4. The Morgan fingerprint density at radius 2 is 2.06 bits per heavy atom. The van der Waals surface area contributed by atoms with Crippen LogP contribution in [-0.4, -0.2) is 47.7 Å². The van der Waals surface area contributed by atoms with Crippen LogP contribution in [0.15, 0.2) is 24.4 Å². The molecule has 18 heavy (non-hydrogen) atoms. The van der Waals surface area contributed by atoms with Crippen LogP contribution in [0.3, 0.4) is 0 Å². The van der Waals surface area contributed by atoms with E-state index in [2.05, 4.69) is 21.9 Å². The number of hydrogen-bond acceptors (Lipinski definition) is 4. The second kappa shape index (κ2) is 4.49. The van der Waals surface area contributed by atoms with Gasteiger partial charge in [0.15, 0.2) is 5.82 Å². The zero-order chi connectivity index (χ0) is 12.5. The molecule has 2 aromatic heterocycles. The fourth-order valence-corrected chi connectivity index (χ4v) is 2.50. The minimum absolute atomic E-state index is 0.792. The van der Waals surface area contributed by atoms with Gasteiger partial charge in [-0.2, -0.15) is 0 Å². The Balaban J connectivity index is 1.96. The fourth-order valence-electron chi connectivity index (χ4n) is 2.50. The first-order chi connectivity index (χ1) is 8.75. The number of fused-ring (bicyclic) bond motifs is 1. The number of hydrogen-bond donors (Lipinski definition) is 1. The molecule has 0 aliphatic carbocycles. The molecule has 2 N–H and O–H groups in total. The van der Waals surface area contributed by atoms with E-state index in [9.17, 15) is 0 Å². The zero-order valence-electron chi connectivity index (χ0n) is 10.7. The highest BCUT2D eigenvalue weighted by molar-refractivity contribution is 5.81. The van der Waals surface area contributed by atoms with Gasteiger partial charge in [0.05, 0.1) is 5.52 Å². The van der Waals surface area contributed by atoms with Crippen molar-refractivity contribution in [3.8, 4) is 0 Å². The second-order valence-electron chi connectivity index (χ2n) is 4.91. The van der Waals surface area contributed by atoms with Crippen LogP contribution in [0.1, 0.15) is 6.42 Å². The molecule has 0 unspecified atom stereocenters. The third-order valence-corrected chi connectivity index (χ3v) is 3.58. The van der Waals surface area contributed by atoms with Crippen molar-refractivity contribution in [2.45, 2.75) is 6.42 Å². The van der Waals surface area contributed by atoms with Gasteiger partial charge in [0.1, 0.15) is 5.69 Å². The molecule has 0 spiro atoms. The highest BCUT2D eigenvalue weighted by Crippen LogP contribution is 2.26. The highest BCUT2D eigenvalue weighted by Gasteiger charge is 2.18. The van der Waals surface area contributed by atoms with Crippen molar-refractivity contribution in [3.63, 3.8) is 0 Å². The van der Waals surface area contributed by atoms with Crippen molar-refractivity contribution in [1.29, 1.82) is 0 Å². The summed E-state index contributed by atoms with van der Waals surface area (Å²) in [5, 5.41) is 4.60.